The van der Waals surface area contributed by atoms with Crippen molar-refractivity contribution < 1.29 is 4.74 Å². The van der Waals surface area contributed by atoms with Crippen LogP contribution in [0, 0.1) is 11.8 Å². The summed E-state index contributed by atoms with van der Waals surface area (Å²) in [4.78, 5) is 2.30. The maximum atomic E-state index is 5.42. The van der Waals surface area contributed by atoms with E-state index in [1.54, 1.807) is 7.11 Å². The molecule has 0 N–H and O–H groups in total. The van der Waals surface area contributed by atoms with Crippen molar-refractivity contribution in [2.45, 2.75) is 6.92 Å². The van der Waals surface area contributed by atoms with Gasteiger partial charge in [-0.25, -0.2) is 0 Å². The molecule has 0 fully saturated rings. The van der Waals surface area contributed by atoms with Gasteiger partial charge in [0.25, 0.3) is 0 Å². The summed E-state index contributed by atoms with van der Waals surface area (Å²) in [6, 6.07) is 45.0. The van der Waals surface area contributed by atoms with Gasteiger partial charge in [-0.3, -0.25) is 0 Å². The fourth-order valence-electron chi connectivity index (χ4n) is 5.11. The number of para-hydroxylation sites is 2. The molecule has 0 amide bonds. The van der Waals surface area contributed by atoms with E-state index in [4.69, 9.17) is 4.74 Å². The highest BCUT2D eigenvalue weighted by Crippen LogP contribution is 2.38. The molecule has 0 spiro atoms. The van der Waals surface area contributed by atoms with Crippen LogP contribution in [0.1, 0.15) is 12.5 Å². The number of methoxy groups -OCH3 is 1. The summed E-state index contributed by atoms with van der Waals surface area (Å²) < 4.78 is 5.42. The van der Waals surface area contributed by atoms with Gasteiger partial charge in [0, 0.05) is 22.6 Å². The fourth-order valence-corrected chi connectivity index (χ4v) is 5.11. The molecule has 0 aliphatic heterocycles. The third-order valence-electron chi connectivity index (χ3n) is 6.90. The molecule has 0 atom stereocenters. The maximum absolute atomic E-state index is 5.42. The Balaban J connectivity index is 1.45. The van der Waals surface area contributed by atoms with Crippen molar-refractivity contribution in [3.05, 3.63) is 133 Å². The number of ether oxygens (including phenoxy) is 1. The quantitative estimate of drug-likeness (QED) is 0.177. The van der Waals surface area contributed by atoms with E-state index in [0.717, 1.165) is 39.5 Å². The largest absolute Gasteiger partial charge is 0.497 e. The van der Waals surface area contributed by atoms with Crippen molar-refractivity contribution in [2.75, 3.05) is 12.0 Å². The number of hydrogen-bond donors (Lipinski definition) is 0. The highest BCUT2D eigenvalue weighted by Gasteiger charge is 2.13. The Morgan fingerprint density at radius 2 is 1.21 bits per heavy atom. The molecule has 2 nitrogen and oxygen atoms in total. The second-order valence-corrected chi connectivity index (χ2v) is 9.20. The van der Waals surface area contributed by atoms with Gasteiger partial charge in [0.15, 0.2) is 0 Å². The van der Waals surface area contributed by atoms with Gasteiger partial charge in [-0.15, -0.1) is 5.92 Å². The first-order chi connectivity index (χ1) is 18.7. The Hall–Kier alpha value is -5.00. The lowest BCUT2D eigenvalue weighted by Crippen LogP contribution is -2.09. The molecule has 0 aliphatic rings. The average Bonchev–Trinajstić information content (AvgIpc) is 2.98. The van der Waals surface area contributed by atoms with Gasteiger partial charge in [0.2, 0.25) is 0 Å². The standard InChI is InChI=1S/C36H27NO/c1-3-10-26-25-33(38-2)19-22-34(26)27-17-20-35-28(23-27)15-16-29-24-32(18-21-36(29)35)37(30-11-6-4-7-12-30)31-13-8-5-9-14-31/h4-9,11-25H,1-2H3. The molecule has 0 aromatic heterocycles. The highest BCUT2D eigenvalue weighted by atomic mass is 16.5. The van der Waals surface area contributed by atoms with Gasteiger partial charge >= 0.3 is 0 Å². The van der Waals surface area contributed by atoms with Crippen molar-refractivity contribution in [1.82, 2.24) is 0 Å². The van der Waals surface area contributed by atoms with Gasteiger partial charge in [0.05, 0.1) is 7.11 Å². The fraction of sp³-hybridized carbons (Fsp3) is 0.0556. The van der Waals surface area contributed by atoms with E-state index in [1.807, 2.05) is 19.1 Å². The first-order valence-corrected chi connectivity index (χ1v) is 12.7. The van der Waals surface area contributed by atoms with Crippen molar-refractivity contribution in [3.63, 3.8) is 0 Å². The summed E-state index contributed by atoms with van der Waals surface area (Å²) in [6.45, 7) is 1.86. The highest BCUT2D eigenvalue weighted by molar-refractivity contribution is 6.09. The smallest absolute Gasteiger partial charge is 0.120 e. The van der Waals surface area contributed by atoms with Crippen LogP contribution in [0.15, 0.2) is 127 Å². The van der Waals surface area contributed by atoms with E-state index in [-0.39, 0.29) is 0 Å². The van der Waals surface area contributed by atoms with E-state index < -0.39 is 0 Å². The minimum atomic E-state index is 0.814. The molecule has 2 heteroatoms. The molecule has 6 rings (SSSR count). The minimum absolute atomic E-state index is 0.814. The van der Waals surface area contributed by atoms with Crippen LogP contribution in [-0.4, -0.2) is 7.11 Å². The summed E-state index contributed by atoms with van der Waals surface area (Å²) in [6.07, 6.45) is 0. The number of anilines is 3. The molecular weight excluding hydrogens is 462 g/mol. The third kappa shape index (κ3) is 4.36. The molecule has 0 aliphatic carbocycles. The average molecular weight is 490 g/mol. The second kappa shape index (κ2) is 10.2. The van der Waals surface area contributed by atoms with Crippen LogP contribution in [0.4, 0.5) is 17.1 Å². The van der Waals surface area contributed by atoms with Crippen LogP contribution in [0.2, 0.25) is 0 Å². The first kappa shape index (κ1) is 23.4. The molecule has 0 heterocycles. The zero-order valence-corrected chi connectivity index (χ0v) is 21.5. The molecule has 0 radical (unpaired) electrons. The maximum Gasteiger partial charge on any atom is 0.120 e. The van der Waals surface area contributed by atoms with Crippen molar-refractivity contribution >= 4 is 38.6 Å². The van der Waals surface area contributed by atoms with Crippen LogP contribution in [0.5, 0.6) is 5.75 Å². The molecule has 6 aromatic rings. The summed E-state index contributed by atoms with van der Waals surface area (Å²) in [7, 11) is 1.68. The molecule has 0 unspecified atom stereocenters. The zero-order valence-electron chi connectivity index (χ0n) is 21.5. The van der Waals surface area contributed by atoms with E-state index in [9.17, 15) is 0 Å². The third-order valence-corrected chi connectivity index (χ3v) is 6.90. The Bertz CT molecular complexity index is 1770. The SMILES string of the molecule is CC#Cc1cc(OC)ccc1-c1ccc2c(ccc3cc(N(c4ccccc4)c4ccccc4)ccc32)c1. The van der Waals surface area contributed by atoms with Gasteiger partial charge in [-0.05, 0) is 100 Å². The number of fused-ring (bicyclic) bond motifs is 3. The molecule has 6 aromatic carbocycles. The predicted molar refractivity (Wildman–Crippen MR) is 161 cm³/mol. The lowest BCUT2D eigenvalue weighted by molar-refractivity contribution is 0.415. The van der Waals surface area contributed by atoms with Crippen LogP contribution < -0.4 is 9.64 Å². The second-order valence-electron chi connectivity index (χ2n) is 9.20. The normalized spacial score (nSPS) is 10.7. The van der Waals surface area contributed by atoms with Gasteiger partial charge < -0.3 is 9.64 Å². The van der Waals surface area contributed by atoms with Crippen LogP contribution in [-0.2, 0) is 0 Å². The predicted octanol–water partition coefficient (Wildman–Crippen LogP) is 9.51. The first-order valence-electron chi connectivity index (χ1n) is 12.7. The number of hydrogen-bond acceptors (Lipinski definition) is 2. The number of benzene rings is 6. The molecule has 0 bridgehead atoms. The molecule has 0 saturated heterocycles. The van der Waals surface area contributed by atoms with Crippen LogP contribution in [0.3, 0.4) is 0 Å². The van der Waals surface area contributed by atoms with Crippen LogP contribution in [0.25, 0.3) is 32.7 Å². The number of rotatable bonds is 5. The van der Waals surface area contributed by atoms with Crippen LogP contribution >= 0.6 is 0 Å². The molecule has 0 saturated carbocycles. The van der Waals surface area contributed by atoms with Crippen molar-refractivity contribution in [3.8, 4) is 28.7 Å². The summed E-state index contributed by atoms with van der Waals surface area (Å²) in [5.74, 6) is 7.09. The van der Waals surface area contributed by atoms with E-state index in [2.05, 4.69) is 132 Å². The van der Waals surface area contributed by atoms with E-state index in [0.29, 0.717) is 0 Å². The van der Waals surface area contributed by atoms with Gasteiger partial charge in [-0.2, -0.15) is 0 Å². The monoisotopic (exact) mass is 489 g/mol. The van der Waals surface area contributed by atoms with E-state index in [1.165, 1.54) is 21.5 Å². The van der Waals surface area contributed by atoms with Gasteiger partial charge in [0.1, 0.15) is 5.75 Å². The Morgan fingerprint density at radius 1 is 0.579 bits per heavy atom. The van der Waals surface area contributed by atoms with E-state index >= 15 is 0 Å². The Morgan fingerprint density at radius 3 is 1.84 bits per heavy atom. The minimum Gasteiger partial charge on any atom is -0.497 e. The Labute approximate surface area is 223 Å². The molecular formula is C36H27NO. The molecule has 182 valence electrons. The zero-order chi connectivity index (χ0) is 25.9. The summed E-state index contributed by atoms with van der Waals surface area (Å²) >= 11 is 0. The van der Waals surface area contributed by atoms with Gasteiger partial charge in [-0.1, -0.05) is 72.7 Å². The number of nitrogens with zero attached hydrogens (tertiary/aromatic N) is 1. The van der Waals surface area contributed by atoms with Crippen molar-refractivity contribution in [1.29, 1.82) is 0 Å². The Kier molecular flexibility index (Phi) is 6.26. The van der Waals surface area contributed by atoms with Crippen molar-refractivity contribution in [2.24, 2.45) is 0 Å². The summed E-state index contributed by atoms with van der Waals surface area (Å²) in [5.41, 5.74) is 6.63. The lowest BCUT2D eigenvalue weighted by atomic mass is 9.94. The molecule has 38 heavy (non-hydrogen) atoms. The lowest BCUT2D eigenvalue weighted by Gasteiger charge is -2.25. The summed E-state index contributed by atoms with van der Waals surface area (Å²) in [5, 5.41) is 4.89. The topological polar surface area (TPSA) is 12.5 Å².